The van der Waals surface area contributed by atoms with E-state index in [1.807, 2.05) is 0 Å². The Kier molecular flexibility index (Phi) is 7.26. The Hall–Kier alpha value is -3.28. The molecule has 7 N–H and O–H groups in total. The Morgan fingerprint density at radius 3 is 2.45 bits per heavy atom. The molecule has 0 aromatic heterocycles. The number of amides is 1. The van der Waals surface area contributed by atoms with Crippen LogP contribution in [-0.2, 0) is 11.2 Å². The normalized spacial score (nSPS) is 28.8. The number of nitrogens with two attached hydrogens (primary N) is 1. The van der Waals surface area contributed by atoms with E-state index in [9.17, 15) is 34.8 Å². The molecule has 0 spiro atoms. The van der Waals surface area contributed by atoms with Crippen molar-refractivity contribution < 1.29 is 34.8 Å². The van der Waals surface area contributed by atoms with Crippen LogP contribution in [0.2, 0.25) is 0 Å². The molecule has 212 valence electrons. The van der Waals surface area contributed by atoms with E-state index in [1.165, 1.54) is 18.6 Å². The number of fused-ring (bicyclic) bond motifs is 3. The number of aliphatic hydroxyl groups excluding tert-OH is 2. The molecular weight excluding hydrogens is 513 g/mol. The summed E-state index contributed by atoms with van der Waals surface area (Å²) in [6, 6.07) is 2.18. The van der Waals surface area contributed by atoms with Crippen molar-refractivity contribution in [3.8, 4) is 5.75 Å². The average Bonchev–Trinajstić information content (AvgIpc) is 2.89. The summed E-state index contributed by atoms with van der Waals surface area (Å²) in [5.41, 5.74) is 3.13. The van der Waals surface area contributed by atoms with Gasteiger partial charge in [0.2, 0.25) is 0 Å². The average molecular weight is 549 g/mol. The molecule has 0 saturated heterocycles. The Labute approximate surface area is 233 Å². The quantitative estimate of drug-likeness (QED) is 0.221. The number of Topliss-reactive ketones (excluding diaryl/α,β-unsaturated/α-hetero) is 2. The Balaban J connectivity index is 1.57. The van der Waals surface area contributed by atoms with Crippen LogP contribution in [0.1, 0.15) is 64.8 Å². The number of carbonyl (C=O) groups is 3. The van der Waals surface area contributed by atoms with Crippen molar-refractivity contribution in [3.05, 3.63) is 51.5 Å². The minimum atomic E-state index is -2.25. The van der Waals surface area contributed by atoms with Gasteiger partial charge in [-0.15, -0.1) is 0 Å². The molecule has 1 aromatic carbocycles. The number of primary amides is 1. The summed E-state index contributed by atoms with van der Waals surface area (Å²) in [5, 5.41) is 48.5. The summed E-state index contributed by atoms with van der Waals surface area (Å²) >= 11 is 0. The molecule has 1 aromatic rings. The van der Waals surface area contributed by atoms with Gasteiger partial charge in [0.25, 0.3) is 0 Å². The van der Waals surface area contributed by atoms with Gasteiger partial charge < -0.3 is 0 Å². The second kappa shape index (κ2) is 10.3. The number of likely N-dealkylation sites (N-methyl/N-ethyl adjacent to an activating group) is 1. The van der Waals surface area contributed by atoms with E-state index < -0.39 is 46.5 Å². The molecule has 1 unspecified atom stereocenters. The van der Waals surface area contributed by atoms with Crippen molar-refractivity contribution in [2.24, 2.45) is 17.6 Å². The summed E-state index contributed by atoms with van der Waals surface area (Å²) < 4.78 is 0. The predicted molar refractivity (Wildman–Crippen MR) is 150 cm³/mol. The standard InChI is InChI=1S/C29H36BN3O7/c1-33(2)23-17-11-13-10-16-15(19(35)12-32-14-6-4-3-5-7-14)8-9-18(34)21(16)24(36)20(13)27(38)29(17,40)26(30)22(25(23)37)28(31)39/h8-9,13-14,17,23,30,32,34,37-38,40H,3-7,10-12H2,1-2H3,(H2,31,39)/t13-,17?,23+,29+/m0/s1. The molecule has 0 radical (unpaired) electrons. The fourth-order valence-corrected chi connectivity index (χ4v) is 7.32. The summed E-state index contributed by atoms with van der Waals surface area (Å²) in [4.78, 5) is 41.1. The van der Waals surface area contributed by atoms with Gasteiger partial charge in [0.15, 0.2) is 0 Å². The summed E-state index contributed by atoms with van der Waals surface area (Å²) in [5.74, 6) is -4.79. The number of rotatable bonds is 6. The van der Waals surface area contributed by atoms with Crippen LogP contribution in [0, 0.1) is 11.8 Å². The first-order valence-electron chi connectivity index (χ1n) is 13.8. The van der Waals surface area contributed by atoms with Gasteiger partial charge in [-0.1, -0.05) is 19.3 Å². The number of hydrogen-bond acceptors (Lipinski definition) is 9. The molecule has 0 heterocycles. The fraction of sp³-hybridized carbons (Fsp3) is 0.517. The summed E-state index contributed by atoms with van der Waals surface area (Å²) in [6.07, 6.45) is 5.74. The first-order chi connectivity index (χ1) is 18.9. The van der Waals surface area contributed by atoms with E-state index in [1.54, 1.807) is 19.0 Å². The Bertz CT molecular complexity index is 1380. The van der Waals surface area contributed by atoms with Crippen molar-refractivity contribution in [3.63, 3.8) is 0 Å². The van der Waals surface area contributed by atoms with Gasteiger partial charge >= 0.3 is 201 Å². The molecule has 4 atom stereocenters. The predicted octanol–water partition coefficient (Wildman–Crippen LogP) is 0.730. The number of benzene rings is 1. The zero-order chi connectivity index (χ0) is 29.1. The number of aromatic hydroxyl groups is 1. The van der Waals surface area contributed by atoms with Crippen molar-refractivity contribution in [1.29, 1.82) is 0 Å². The van der Waals surface area contributed by atoms with Crippen molar-refractivity contribution in [2.45, 2.75) is 62.6 Å². The van der Waals surface area contributed by atoms with E-state index in [0.717, 1.165) is 25.7 Å². The Morgan fingerprint density at radius 1 is 1.15 bits per heavy atom. The molecule has 1 saturated carbocycles. The van der Waals surface area contributed by atoms with Crippen LogP contribution in [0.15, 0.2) is 34.8 Å². The summed E-state index contributed by atoms with van der Waals surface area (Å²) in [6.45, 7) is 0.105. The fourth-order valence-electron chi connectivity index (χ4n) is 7.32. The van der Waals surface area contributed by atoms with Gasteiger partial charge in [0, 0.05) is 0 Å². The number of nitrogens with zero attached hydrogens (tertiary/aromatic N) is 1. The van der Waals surface area contributed by atoms with Crippen molar-refractivity contribution in [1.82, 2.24) is 10.2 Å². The third-order valence-electron chi connectivity index (χ3n) is 9.25. The molecule has 0 aliphatic heterocycles. The maximum absolute atomic E-state index is 13.9. The monoisotopic (exact) mass is 549 g/mol. The molecule has 1 fully saturated rings. The molecule has 1 amide bonds. The number of carbonyl (C=O) groups excluding carboxylic acids is 3. The number of phenolic OH excluding ortho intramolecular Hbond substituents is 1. The Morgan fingerprint density at radius 2 is 1.82 bits per heavy atom. The van der Waals surface area contributed by atoms with Crippen LogP contribution in [0.5, 0.6) is 5.75 Å². The number of ketones is 2. The van der Waals surface area contributed by atoms with Crippen LogP contribution in [0.25, 0.3) is 0 Å². The van der Waals surface area contributed by atoms with E-state index >= 15 is 0 Å². The van der Waals surface area contributed by atoms with Crippen molar-refractivity contribution in [2.75, 3.05) is 20.6 Å². The molecule has 40 heavy (non-hydrogen) atoms. The van der Waals surface area contributed by atoms with Gasteiger partial charge in [-0.2, -0.15) is 0 Å². The molecule has 11 heteroatoms. The SMILES string of the molecule is B=C1C(C(N)=O)=C(O)[C@H](N(C)C)C2C[C@@H]3Cc4c(C(=O)CNC5CCCCC5)ccc(O)c4C(=O)C3=C(O)[C@]12O. The molecule has 0 bridgehead atoms. The summed E-state index contributed by atoms with van der Waals surface area (Å²) in [7, 11) is 7.10. The minimum absolute atomic E-state index is 0.0811. The zero-order valence-corrected chi connectivity index (χ0v) is 22.9. The third-order valence-corrected chi connectivity index (χ3v) is 9.25. The first-order valence-corrected chi connectivity index (χ1v) is 13.8. The number of nitrogens with one attached hydrogen (secondary N) is 1. The van der Waals surface area contributed by atoms with Gasteiger partial charge in [-0.05, 0) is 12.8 Å². The van der Waals surface area contributed by atoms with Crippen LogP contribution >= 0.6 is 0 Å². The molecule has 5 rings (SSSR count). The maximum atomic E-state index is 13.9. The molecular formula is C29H36BN3O7. The van der Waals surface area contributed by atoms with E-state index in [2.05, 4.69) is 12.8 Å². The van der Waals surface area contributed by atoms with Gasteiger partial charge in [0.1, 0.15) is 0 Å². The van der Waals surface area contributed by atoms with E-state index in [0.29, 0.717) is 11.1 Å². The topological polar surface area (TPSA) is 173 Å². The second-order valence-electron chi connectivity index (χ2n) is 11.7. The number of allylic oxidation sites excluding steroid dienone is 1. The van der Waals surface area contributed by atoms with Crippen LogP contribution in [0.4, 0.5) is 0 Å². The molecule has 10 nitrogen and oxygen atoms in total. The van der Waals surface area contributed by atoms with Crippen LogP contribution in [0.3, 0.4) is 0 Å². The number of hydrogen-bond donors (Lipinski definition) is 6. The molecule has 4 aliphatic rings. The zero-order valence-electron chi connectivity index (χ0n) is 22.9. The van der Waals surface area contributed by atoms with Crippen LogP contribution < -0.4 is 11.1 Å². The number of phenols is 1. The molecule has 4 aliphatic carbocycles. The number of aliphatic hydroxyl groups is 3. The van der Waals surface area contributed by atoms with Gasteiger partial charge in [0.05, 0.1) is 0 Å². The third kappa shape index (κ3) is 4.22. The van der Waals surface area contributed by atoms with Crippen molar-refractivity contribution >= 4 is 30.4 Å². The van der Waals surface area contributed by atoms with E-state index in [4.69, 9.17) is 5.73 Å². The van der Waals surface area contributed by atoms with Gasteiger partial charge in [-0.25, -0.2) is 0 Å². The van der Waals surface area contributed by atoms with E-state index in [-0.39, 0.29) is 59.3 Å². The first kappa shape index (κ1) is 28.3. The van der Waals surface area contributed by atoms with Gasteiger partial charge in [-0.3, -0.25) is 0 Å². The second-order valence-corrected chi connectivity index (χ2v) is 11.7. The van der Waals surface area contributed by atoms with Crippen LogP contribution in [-0.4, -0.2) is 94.1 Å².